The van der Waals surface area contributed by atoms with Gasteiger partial charge in [0.25, 0.3) is 5.79 Å². The van der Waals surface area contributed by atoms with Crippen LogP contribution in [0.2, 0.25) is 0 Å². The van der Waals surface area contributed by atoms with Crippen LogP contribution in [0.4, 0.5) is 0 Å². The highest BCUT2D eigenvalue weighted by Gasteiger charge is 2.56. The molecule has 0 aromatic heterocycles. The molecule has 0 aliphatic carbocycles. The maximum atomic E-state index is 11.0. The number of rotatable bonds is 21. The van der Waals surface area contributed by atoms with Crippen LogP contribution < -0.4 is 0 Å². The summed E-state index contributed by atoms with van der Waals surface area (Å²) in [6, 6.07) is 69.3. The third-order valence-corrected chi connectivity index (χ3v) is 15.6. The average Bonchev–Trinajstić information content (AvgIpc) is 3.62. The summed E-state index contributed by atoms with van der Waals surface area (Å²) >= 11 is 2.28. The molecule has 0 spiro atoms. The summed E-state index contributed by atoms with van der Waals surface area (Å²) in [6.45, 7) is 1.14. The SMILES string of the molecule is CO[C@H]1O[C@H](CO[C@H]2O[C@@H]3CO[C@@](C#N)(Cc4ccccc4I)O[C@H]3[C@H](OCc3ccc4ccccc4c3)[C@H]2OCc2ccc3ccccc3c2)[C@@H](OCc2ccccc2)[C@H](OCc2ccccc2)[C@H]1OCc1ccccc1. The second-order valence-corrected chi connectivity index (χ2v) is 21.0. The Kier molecular flexibility index (Phi) is 17.9. The van der Waals surface area contributed by atoms with E-state index in [1.54, 1.807) is 7.11 Å². The molecule has 8 aromatic rings. The minimum atomic E-state index is -1.66. The molecule has 0 saturated carbocycles. The molecule has 78 heavy (non-hydrogen) atoms. The van der Waals surface area contributed by atoms with Gasteiger partial charge in [-0.2, -0.15) is 5.26 Å². The lowest BCUT2D eigenvalue weighted by atomic mass is 9.95. The number of methoxy groups -OCH3 is 1. The van der Waals surface area contributed by atoms with E-state index in [0.717, 1.165) is 58.5 Å². The molecular weight excluding hydrogens is 1100 g/mol. The fraction of sp³-hybridized carbons (Fsp3) is 0.308. The number of hydrogen-bond donors (Lipinski definition) is 0. The molecule has 3 fully saturated rings. The van der Waals surface area contributed by atoms with Gasteiger partial charge >= 0.3 is 0 Å². The number of benzene rings is 8. The number of hydrogen-bond acceptors (Lipinski definition) is 12. The highest BCUT2D eigenvalue weighted by molar-refractivity contribution is 14.1. The van der Waals surface area contributed by atoms with E-state index in [-0.39, 0.29) is 52.7 Å². The van der Waals surface area contributed by atoms with Crippen LogP contribution in [0.25, 0.3) is 21.5 Å². The van der Waals surface area contributed by atoms with Gasteiger partial charge in [0, 0.05) is 17.1 Å². The Labute approximate surface area is 469 Å². The zero-order chi connectivity index (χ0) is 53.1. The molecule has 0 bridgehead atoms. The summed E-state index contributed by atoms with van der Waals surface area (Å²) in [5.41, 5.74) is 5.74. The van der Waals surface area contributed by atoms with E-state index in [1.165, 1.54) is 0 Å². The Morgan fingerprint density at radius 3 is 1.51 bits per heavy atom. The van der Waals surface area contributed by atoms with Crippen molar-refractivity contribution in [2.75, 3.05) is 20.3 Å². The van der Waals surface area contributed by atoms with Crippen molar-refractivity contribution in [3.05, 3.63) is 237 Å². The lowest BCUT2D eigenvalue weighted by Crippen LogP contribution is -2.67. The van der Waals surface area contributed by atoms with Gasteiger partial charge in [-0.25, -0.2) is 0 Å². The molecule has 3 saturated heterocycles. The molecule has 3 aliphatic heterocycles. The van der Waals surface area contributed by atoms with Crippen molar-refractivity contribution in [1.82, 2.24) is 0 Å². The average molecular weight is 1160 g/mol. The number of ether oxygens (including phenoxy) is 11. The van der Waals surface area contributed by atoms with Gasteiger partial charge in [-0.15, -0.1) is 0 Å². The summed E-state index contributed by atoms with van der Waals surface area (Å²) in [5, 5.41) is 15.4. The van der Waals surface area contributed by atoms with E-state index in [9.17, 15) is 5.26 Å². The van der Waals surface area contributed by atoms with Gasteiger partial charge in [0.15, 0.2) is 12.6 Å². The first-order valence-corrected chi connectivity index (χ1v) is 27.6. The summed E-state index contributed by atoms with van der Waals surface area (Å²) in [6.07, 6.45) is -8.05. The van der Waals surface area contributed by atoms with Crippen LogP contribution in [0.3, 0.4) is 0 Å². The molecule has 3 heterocycles. The van der Waals surface area contributed by atoms with Crippen molar-refractivity contribution in [1.29, 1.82) is 5.26 Å². The van der Waals surface area contributed by atoms with Crippen molar-refractivity contribution in [3.8, 4) is 6.07 Å². The largest absolute Gasteiger partial charge is 0.368 e. The minimum absolute atomic E-state index is 0.0129. The van der Waals surface area contributed by atoms with Crippen LogP contribution in [0.15, 0.2) is 200 Å². The molecule has 8 aromatic carbocycles. The molecule has 0 N–H and O–H groups in total. The molecule has 0 radical (unpaired) electrons. The first-order chi connectivity index (χ1) is 38.4. The maximum Gasteiger partial charge on any atom is 0.264 e. The van der Waals surface area contributed by atoms with Crippen LogP contribution in [-0.4, -0.2) is 87.5 Å². The quantitative estimate of drug-likeness (QED) is 0.0636. The van der Waals surface area contributed by atoms with Crippen molar-refractivity contribution >= 4 is 44.1 Å². The Hall–Kier alpha value is -5.94. The monoisotopic (exact) mass is 1160 g/mol. The lowest BCUT2D eigenvalue weighted by molar-refractivity contribution is -0.391. The molecule has 11 atom stereocenters. The third kappa shape index (κ3) is 13.0. The summed E-state index contributed by atoms with van der Waals surface area (Å²) in [4.78, 5) is 0. The fourth-order valence-corrected chi connectivity index (χ4v) is 11.1. The van der Waals surface area contributed by atoms with Gasteiger partial charge in [-0.05, 0) is 95.7 Å². The predicted octanol–water partition coefficient (Wildman–Crippen LogP) is 11.8. The van der Waals surface area contributed by atoms with Gasteiger partial charge in [0.05, 0.1) is 46.2 Å². The highest BCUT2D eigenvalue weighted by atomic mass is 127. The van der Waals surface area contributed by atoms with Gasteiger partial charge < -0.3 is 52.1 Å². The van der Waals surface area contributed by atoms with Crippen molar-refractivity contribution in [2.24, 2.45) is 0 Å². The number of fused-ring (bicyclic) bond motifs is 3. The number of halogens is 1. The van der Waals surface area contributed by atoms with Crippen molar-refractivity contribution < 1.29 is 52.1 Å². The minimum Gasteiger partial charge on any atom is -0.368 e. The molecule has 12 nitrogen and oxygen atoms in total. The standard InChI is InChI=1S/C65H62INO11/c1-68-63-61(72-38-46-21-9-4-10-22-46)59(70-37-45-19-7-3-8-20-45)57(69-36-44-17-5-2-6-18-44)55(76-63)41-74-64-62(73-40-48-30-32-50-24-12-14-26-52(50)34-48)60(71-39-47-29-31-49-23-11-13-25-51(49)33-47)58-56(77-64)42-75-65(43-67,78-58)35-53-27-15-16-28-54(53)66/h2-34,55-64H,35-42H2,1H3/t55-,56-,57-,58-,59+,60+,61-,62-,63+,64+,65+/m1/s1. The van der Waals surface area contributed by atoms with E-state index in [4.69, 9.17) is 52.1 Å². The van der Waals surface area contributed by atoms with E-state index < -0.39 is 67.2 Å². The summed E-state index contributed by atoms with van der Waals surface area (Å²) < 4.78 is 76.3. The molecule has 400 valence electrons. The van der Waals surface area contributed by atoms with Crippen molar-refractivity contribution in [3.63, 3.8) is 0 Å². The molecule has 0 amide bonds. The molecule has 3 aliphatic rings. The zero-order valence-corrected chi connectivity index (χ0v) is 45.5. The van der Waals surface area contributed by atoms with Gasteiger partial charge in [-0.1, -0.05) is 182 Å². The van der Waals surface area contributed by atoms with E-state index in [2.05, 4.69) is 89.3 Å². The maximum absolute atomic E-state index is 11.0. The predicted molar refractivity (Wildman–Crippen MR) is 302 cm³/mol. The van der Waals surface area contributed by atoms with E-state index in [0.29, 0.717) is 0 Å². The number of nitrogens with zero attached hydrogens (tertiary/aromatic N) is 1. The Balaban J connectivity index is 0.937. The highest BCUT2D eigenvalue weighted by Crippen LogP contribution is 2.40. The van der Waals surface area contributed by atoms with Crippen LogP contribution in [0.1, 0.15) is 33.4 Å². The van der Waals surface area contributed by atoms with E-state index >= 15 is 0 Å². The molecular formula is C65H62INO11. The van der Waals surface area contributed by atoms with Gasteiger partial charge in [0.1, 0.15) is 54.9 Å². The van der Waals surface area contributed by atoms with Gasteiger partial charge in [0.2, 0.25) is 0 Å². The van der Waals surface area contributed by atoms with Gasteiger partial charge in [-0.3, -0.25) is 0 Å². The molecule has 13 heteroatoms. The Bertz CT molecular complexity index is 3240. The third-order valence-electron chi connectivity index (χ3n) is 14.6. The van der Waals surface area contributed by atoms with Crippen LogP contribution in [-0.2, 0) is 91.6 Å². The smallest absolute Gasteiger partial charge is 0.264 e. The Morgan fingerprint density at radius 2 is 0.962 bits per heavy atom. The second-order valence-electron chi connectivity index (χ2n) is 19.9. The van der Waals surface area contributed by atoms with Crippen molar-refractivity contribution in [2.45, 2.75) is 107 Å². The number of nitriles is 1. The molecule has 0 unspecified atom stereocenters. The summed E-state index contributed by atoms with van der Waals surface area (Å²) in [5.74, 6) is -1.66. The first-order valence-electron chi connectivity index (χ1n) is 26.5. The van der Waals surface area contributed by atoms with Crippen LogP contribution in [0, 0.1) is 14.9 Å². The zero-order valence-electron chi connectivity index (χ0n) is 43.3. The van der Waals surface area contributed by atoms with E-state index in [1.807, 2.05) is 140 Å². The summed E-state index contributed by atoms with van der Waals surface area (Å²) in [7, 11) is 1.60. The fourth-order valence-electron chi connectivity index (χ4n) is 10.5. The van der Waals surface area contributed by atoms with Crippen LogP contribution in [0.5, 0.6) is 0 Å². The topological polar surface area (TPSA) is 125 Å². The lowest BCUT2D eigenvalue weighted by Gasteiger charge is -2.51. The second kappa shape index (κ2) is 25.9. The Morgan fingerprint density at radius 1 is 0.487 bits per heavy atom. The van der Waals surface area contributed by atoms with Crippen LogP contribution >= 0.6 is 22.6 Å². The first kappa shape index (κ1) is 54.0. The normalized spacial score (nSPS) is 26.1. The molecule has 11 rings (SSSR count).